The van der Waals surface area contributed by atoms with E-state index in [0.29, 0.717) is 31.1 Å². The van der Waals surface area contributed by atoms with Crippen molar-refractivity contribution in [3.8, 4) is 0 Å². The molecule has 1 aromatic heterocycles. The van der Waals surface area contributed by atoms with Crippen molar-refractivity contribution in [2.75, 3.05) is 26.7 Å². The molecule has 28 heavy (non-hydrogen) atoms. The molecule has 0 radical (unpaired) electrons. The zero-order chi connectivity index (χ0) is 19.6. The molecule has 1 saturated heterocycles. The molecule has 7 nitrogen and oxygen atoms in total. The first-order chi connectivity index (χ1) is 13.6. The first-order valence-corrected chi connectivity index (χ1v) is 10.5. The highest BCUT2D eigenvalue weighted by molar-refractivity contribution is 7.95. The third kappa shape index (κ3) is 3.76. The Kier molecular flexibility index (Phi) is 5.61. The van der Waals surface area contributed by atoms with Gasteiger partial charge in [0.2, 0.25) is 12.3 Å². The largest absolute Gasteiger partial charge is 0.461 e. The van der Waals surface area contributed by atoms with Crippen molar-refractivity contribution in [1.29, 1.82) is 0 Å². The highest BCUT2D eigenvalue weighted by atomic mass is 32.2. The Bertz CT molecular complexity index is 818. The van der Waals surface area contributed by atoms with Gasteiger partial charge in [0.15, 0.2) is 0 Å². The van der Waals surface area contributed by atoms with E-state index in [-0.39, 0.29) is 5.91 Å². The van der Waals surface area contributed by atoms with Crippen molar-refractivity contribution in [1.82, 2.24) is 19.7 Å². The number of carbonyl (C=O) groups excluding carboxylic acids is 2. The summed E-state index contributed by atoms with van der Waals surface area (Å²) in [6.45, 7) is 2.73. The first-order valence-electron chi connectivity index (χ1n) is 9.70. The minimum Gasteiger partial charge on any atom is -0.461 e. The Morgan fingerprint density at radius 3 is 2.96 bits per heavy atom. The molecule has 2 atom stereocenters. The number of rotatable bonds is 8. The van der Waals surface area contributed by atoms with Crippen molar-refractivity contribution in [2.24, 2.45) is 5.92 Å². The highest BCUT2D eigenvalue weighted by Gasteiger charge is 2.44. The Hall–Kier alpha value is -2.03. The molecule has 1 aromatic carbocycles. The second-order valence-electron chi connectivity index (χ2n) is 7.70. The van der Waals surface area contributed by atoms with Gasteiger partial charge in [0.1, 0.15) is 16.9 Å². The van der Waals surface area contributed by atoms with Crippen LogP contribution in [0.3, 0.4) is 0 Å². The van der Waals surface area contributed by atoms with E-state index in [1.165, 1.54) is 0 Å². The lowest BCUT2D eigenvalue weighted by Crippen LogP contribution is -2.54. The van der Waals surface area contributed by atoms with Crippen LogP contribution in [-0.4, -0.2) is 48.8 Å². The lowest BCUT2D eigenvalue weighted by molar-refractivity contribution is -0.129. The van der Waals surface area contributed by atoms with Crippen molar-refractivity contribution < 1.29 is 14.0 Å². The Balaban J connectivity index is 1.21. The number of benzene rings is 1. The number of carbonyl (C=O) groups is 2. The number of nitrogens with zero attached hydrogens (tertiary/aromatic N) is 1. The highest BCUT2D eigenvalue weighted by Crippen LogP contribution is 2.36. The third-order valence-corrected chi connectivity index (χ3v) is 6.73. The van der Waals surface area contributed by atoms with Gasteiger partial charge in [-0.25, -0.2) is 4.31 Å². The standard InChI is InChI=1S/C20H26N4O3S/c1-21-19(26)20(22-13-25)7-6-14(9-20)10-23-28-24-11-16(12-24)18-8-15-4-2-3-5-17(15)27-18/h2-5,8,13-14,16,23H,6-7,9-12H2,1H3,(H,21,26)(H,22,25). The topological polar surface area (TPSA) is 86.6 Å². The fourth-order valence-corrected chi connectivity index (χ4v) is 5.22. The number of hydrogen-bond donors (Lipinski definition) is 3. The number of amides is 2. The van der Waals surface area contributed by atoms with Crippen LogP contribution in [-0.2, 0) is 9.59 Å². The quantitative estimate of drug-likeness (QED) is 0.463. The molecule has 8 heteroatoms. The van der Waals surface area contributed by atoms with E-state index < -0.39 is 5.54 Å². The second-order valence-corrected chi connectivity index (χ2v) is 8.69. The van der Waals surface area contributed by atoms with Gasteiger partial charge in [-0.05, 0) is 37.3 Å². The lowest BCUT2D eigenvalue weighted by Gasteiger charge is -2.36. The molecule has 2 aromatic rings. The van der Waals surface area contributed by atoms with Crippen LogP contribution < -0.4 is 15.4 Å². The molecular formula is C20H26N4O3S. The fraction of sp³-hybridized carbons (Fsp3) is 0.500. The molecule has 2 aliphatic rings. The predicted octanol–water partition coefficient (Wildman–Crippen LogP) is 2.02. The predicted molar refractivity (Wildman–Crippen MR) is 109 cm³/mol. The Labute approximate surface area is 168 Å². The smallest absolute Gasteiger partial charge is 0.245 e. The zero-order valence-electron chi connectivity index (χ0n) is 15.9. The summed E-state index contributed by atoms with van der Waals surface area (Å²) in [4.78, 5) is 23.1. The molecule has 2 fully saturated rings. The molecule has 150 valence electrons. The summed E-state index contributed by atoms with van der Waals surface area (Å²) in [5.41, 5.74) is 0.197. The van der Waals surface area contributed by atoms with Crippen molar-refractivity contribution in [3.63, 3.8) is 0 Å². The van der Waals surface area contributed by atoms with Gasteiger partial charge >= 0.3 is 0 Å². The maximum Gasteiger partial charge on any atom is 0.245 e. The summed E-state index contributed by atoms with van der Waals surface area (Å²) in [6.07, 6.45) is 2.91. The van der Waals surface area contributed by atoms with Gasteiger partial charge in [-0.2, -0.15) is 0 Å². The fourth-order valence-electron chi connectivity index (χ4n) is 4.22. The van der Waals surface area contributed by atoms with E-state index in [1.54, 1.807) is 19.2 Å². The van der Waals surface area contributed by atoms with Crippen molar-refractivity contribution in [2.45, 2.75) is 30.7 Å². The summed E-state index contributed by atoms with van der Waals surface area (Å²) in [6, 6.07) is 10.3. The average Bonchev–Trinajstić information content (AvgIpc) is 3.27. The van der Waals surface area contributed by atoms with Gasteiger partial charge in [-0.15, -0.1) is 0 Å². The zero-order valence-corrected chi connectivity index (χ0v) is 16.8. The number of para-hydroxylation sites is 1. The Morgan fingerprint density at radius 2 is 2.21 bits per heavy atom. The van der Waals surface area contributed by atoms with Gasteiger partial charge in [0.25, 0.3) is 0 Å². The van der Waals surface area contributed by atoms with Crippen LogP contribution in [0.4, 0.5) is 0 Å². The molecule has 1 saturated carbocycles. The van der Waals surface area contributed by atoms with Gasteiger partial charge in [0, 0.05) is 50.1 Å². The molecule has 1 aliphatic carbocycles. The summed E-state index contributed by atoms with van der Waals surface area (Å²) in [5, 5.41) is 6.58. The average molecular weight is 403 g/mol. The minimum atomic E-state index is -0.753. The monoisotopic (exact) mass is 402 g/mol. The van der Waals surface area contributed by atoms with Crippen LogP contribution in [0.25, 0.3) is 11.0 Å². The van der Waals surface area contributed by atoms with Crippen LogP contribution in [0.15, 0.2) is 34.7 Å². The number of nitrogens with one attached hydrogen (secondary N) is 3. The molecule has 2 heterocycles. The molecule has 0 bridgehead atoms. The maximum absolute atomic E-state index is 12.2. The number of hydrogen-bond acceptors (Lipinski definition) is 6. The van der Waals surface area contributed by atoms with Crippen LogP contribution >= 0.6 is 12.1 Å². The van der Waals surface area contributed by atoms with Crippen LogP contribution in [0.2, 0.25) is 0 Å². The summed E-state index contributed by atoms with van der Waals surface area (Å²) < 4.78 is 11.7. The molecule has 0 spiro atoms. The first kappa shape index (κ1) is 19.3. The second kappa shape index (κ2) is 8.14. The SMILES string of the molecule is CNC(=O)C1(NC=O)CCC(CNSN2CC(c3cc4ccccc4o3)C2)C1. The Morgan fingerprint density at radius 1 is 1.39 bits per heavy atom. The normalized spacial score (nSPS) is 25.5. The lowest BCUT2D eigenvalue weighted by atomic mass is 9.95. The van der Waals surface area contributed by atoms with E-state index in [1.807, 2.05) is 18.2 Å². The molecule has 1 aliphatic heterocycles. The number of fused-ring (bicyclic) bond motifs is 1. The molecule has 2 unspecified atom stereocenters. The molecule has 2 amide bonds. The number of likely N-dealkylation sites (N-methyl/N-ethyl adjacent to an activating group) is 1. The maximum atomic E-state index is 12.2. The van der Waals surface area contributed by atoms with E-state index >= 15 is 0 Å². The number of furan rings is 1. The summed E-state index contributed by atoms with van der Waals surface area (Å²) >= 11 is 1.63. The minimum absolute atomic E-state index is 0.105. The van der Waals surface area contributed by atoms with Crippen LogP contribution in [0, 0.1) is 5.92 Å². The van der Waals surface area contributed by atoms with E-state index in [4.69, 9.17) is 4.42 Å². The van der Waals surface area contributed by atoms with E-state index in [0.717, 1.165) is 42.8 Å². The van der Waals surface area contributed by atoms with Crippen molar-refractivity contribution in [3.05, 3.63) is 36.1 Å². The van der Waals surface area contributed by atoms with Crippen LogP contribution in [0.1, 0.15) is 30.9 Å². The summed E-state index contributed by atoms with van der Waals surface area (Å²) in [5.74, 6) is 1.76. The van der Waals surface area contributed by atoms with Gasteiger partial charge in [0.05, 0.1) is 0 Å². The molecular weight excluding hydrogens is 376 g/mol. The molecule has 4 rings (SSSR count). The molecule has 3 N–H and O–H groups in total. The van der Waals surface area contributed by atoms with E-state index in [9.17, 15) is 9.59 Å². The van der Waals surface area contributed by atoms with E-state index in [2.05, 4.69) is 31.8 Å². The third-order valence-electron chi connectivity index (χ3n) is 5.87. The van der Waals surface area contributed by atoms with Crippen LogP contribution in [0.5, 0.6) is 0 Å². The summed E-state index contributed by atoms with van der Waals surface area (Å²) in [7, 11) is 1.61. The van der Waals surface area contributed by atoms with Gasteiger partial charge < -0.3 is 15.1 Å². The van der Waals surface area contributed by atoms with Gasteiger partial charge in [-0.3, -0.25) is 14.3 Å². The van der Waals surface area contributed by atoms with Gasteiger partial charge in [-0.1, -0.05) is 18.2 Å². The van der Waals surface area contributed by atoms with Crippen molar-refractivity contribution >= 4 is 35.4 Å².